The van der Waals surface area contributed by atoms with Gasteiger partial charge >= 0.3 is 0 Å². The summed E-state index contributed by atoms with van der Waals surface area (Å²) in [7, 11) is 0. The molecule has 162 valence electrons. The molecule has 0 radical (unpaired) electrons. The molecule has 0 spiro atoms. The van der Waals surface area contributed by atoms with Crippen LogP contribution < -0.4 is 9.47 Å². The summed E-state index contributed by atoms with van der Waals surface area (Å²) in [6, 6.07) is 15.0. The minimum Gasteiger partial charge on any atom is -0.491 e. The molecule has 4 heteroatoms. The van der Waals surface area contributed by atoms with Crippen LogP contribution in [0.25, 0.3) is 5.57 Å². The molecule has 0 bridgehead atoms. The van der Waals surface area contributed by atoms with E-state index in [1.807, 2.05) is 0 Å². The quantitative estimate of drug-likeness (QED) is 0.505. The minimum atomic E-state index is 0.272. The van der Waals surface area contributed by atoms with Crippen LogP contribution in [0.1, 0.15) is 48.8 Å². The third kappa shape index (κ3) is 5.20. The van der Waals surface area contributed by atoms with Gasteiger partial charge in [0, 0.05) is 5.92 Å². The van der Waals surface area contributed by atoms with Crippen molar-refractivity contribution in [3.63, 3.8) is 0 Å². The van der Waals surface area contributed by atoms with Gasteiger partial charge in [0.15, 0.2) is 0 Å². The normalized spacial score (nSPS) is 24.1. The van der Waals surface area contributed by atoms with Gasteiger partial charge in [0.2, 0.25) is 0 Å². The van der Waals surface area contributed by atoms with Crippen LogP contribution in [0.5, 0.6) is 11.5 Å². The molecule has 1 aliphatic carbocycles. The zero-order chi connectivity index (χ0) is 21.2. The summed E-state index contributed by atoms with van der Waals surface area (Å²) in [5.74, 6) is 2.69. The SMILES string of the molecule is CC(C)c1cc(C2=CCC(c3ccc(OCC4CO4)cc3)C=C2)ccc1OCC1CO1. The molecule has 2 saturated heterocycles. The number of benzene rings is 2. The molecular weight excluding hydrogens is 388 g/mol. The first-order valence-corrected chi connectivity index (χ1v) is 11.3. The zero-order valence-electron chi connectivity index (χ0n) is 18.3. The maximum Gasteiger partial charge on any atom is 0.122 e. The molecule has 5 rings (SSSR count). The largest absolute Gasteiger partial charge is 0.491 e. The Bertz CT molecular complexity index is 965. The molecule has 4 nitrogen and oxygen atoms in total. The number of ether oxygens (including phenoxy) is 4. The van der Waals surface area contributed by atoms with Crippen LogP contribution in [0, 0.1) is 0 Å². The Morgan fingerprint density at radius 2 is 1.65 bits per heavy atom. The van der Waals surface area contributed by atoms with Gasteiger partial charge in [-0.25, -0.2) is 0 Å². The van der Waals surface area contributed by atoms with Gasteiger partial charge < -0.3 is 18.9 Å². The Morgan fingerprint density at radius 3 is 2.26 bits per heavy atom. The van der Waals surface area contributed by atoms with Crippen molar-refractivity contribution < 1.29 is 18.9 Å². The van der Waals surface area contributed by atoms with Crippen molar-refractivity contribution in [1.29, 1.82) is 0 Å². The Morgan fingerprint density at radius 1 is 0.935 bits per heavy atom. The number of allylic oxidation sites excluding steroid dienone is 4. The van der Waals surface area contributed by atoms with Crippen molar-refractivity contribution in [2.75, 3.05) is 26.4 Å². The predicted molar refractivity (Wildman–Crippen MR) is 122 cm³/mol. The lowest BCUT2D eigenvalue weighted by Crippen LogP contribution is -2.07. The molecule has 2 aromatic rings. The van der Waals surface area contributed by atoms with Crippen molar-refractivity contribution in [1.82, 2.24) is 0 Å². The standard InChI is InChI=1S/C27H30O4/c1-18(2)26-13-22(9-12-27(26)31-17-25-16-30-25)21-5-3-19(4-6-21)20-7-10-23(11-8-20)28-14-24-15-29-24/h3,5-13,18-19,24-25H,4,14-17H2,1-2H3. The fourth-order valence-corrected chi connectivity index (χ4v) is 3.90. The van der Waals surface area contributed by atoms with Gasteiger partial charge in [0.25, 0.3) is 0 Å². The second kappa shape index (κ2) is 8.89. The van der Waals surface area contributed by atoms with Crippen LogP contribution in [0.4, 0.5) is 0 Å². The lowest BCUT2D eigenvalue weighted by Gasteiger charge is -2.19. The van der Waals surface area contributed by atoms with Gasteiger partial charge in [0.05, 0.1) is 13.2 Å². The molecule has 3 unspecified atom stereocenters. The minimum absolute atomic E-state index is 0.272. The lowest BCUT2D eigenvalue weighted by atomic mass is 9.87. The predicted octanol–water partition coefficient (Wildman–Crippen LogP) is 5.49. The molecule has 31 heavy (non-hydrogen) atoms. The van der Waals surface area contributed by atoms with Gasteiger partial charge in [-0.15, -0.1) is 0 Å². The third-order valence-corrected chi connectivity index (χ3v) is 6.04. The van der Waals surface area contributed by atoms with E-state index in [0.717, 1.165) is 31.1 Å². The number of epoxide rings is 2. The molecule has 2 aliphatic heterocycles. The van der Waals surface area contributed by atoms with Gasteiger partial charge in [-0.1, -0.05) is 50.3 Å². The highest BCUT2D eigenvalue weighted by Gasteiger charge is 2.24. The van der Waals surface area contributed by atoms with Gasteiger partial charge in [0.1, 0.15) is 36.9 Å². The lowest BCUT2D eigenvalue weighted by molar-refractivity contribution is 0.260. The monoisotopic (exact) mass is 418 g/mol. The third-order valence-electron chi connectivity index (χ3n) is 6.04. The van der Waals surface area contributed by atoms with Crippen molar-refractivity contribution in [2.45, 2.75) is 44.3 Å². The van der Waals surface area contributed by atoms with Crippen LogP contribution >= 0.6 is 0 Å². The average Bonchev–Trinajstić information content (AvgIpc) is 3.72. The molecule has 2 fully saturated rings. The topological polar surface area (TPSA) is 43.5 Å². The fraction of sp³-hybridized carbons (Fsp3) is 0.407. The summed E-state index contributed by atoms with van der Waals surface area (Å²) in [6.45, 7) is 7.35. The smallest absolute Gasteiger partial charge is 0.122 e. The summed E-state index contributed by atoms with van der Waals surface area (Å²) >= 11 is 0. The molecule has 2 heterocycles. The maximum absolute atomic E-state index is 6.00. The molecule has 3 atom stereocenters. The second-order valence-electron chi connectivity index (χ2n) is 8.87. The van der Waals surface area contributed by atoms with Gasteiger partial charge in [-0.05, 0) is 58.9 Å². The first-order valence-electron chi connectivity index (χ1n) is 11.3. The highest BCUT2D eigenvalue weighted by molar-refractivity contribution is 5.76. The number of rotatable bonds is 9. The Kier molecular flexibility index (Phi) is 5.84. The van der Waals surface area contributed by atoms with E-state index in [4.69, 9.17) is 18.9 Å². The van der Waals surface area contributed by atoms with Crippen molar-refractivity contribution in [2.24, 2.45) is 0 Å². The molecule has 2 aromatic carbocycles. The van der Waals surface area contributed by atoms with E-state index in [1.54, 1.807) is 0 Å². The van der Waals surface area contributed by atoms with Crippen LogP contribution in [-0.4, -0.2) is 38.6 Å². The van der Waals surface area contributed by atoms with E-state index in [2.05, 4.69) is 74.5 Å². The fourth-order valence-electron chi connectivity index (χ4n) is 3.90. The highest BCUT2D eigenvalue weighted by atomic mass is 16.6. The van der Waals surface area contributed by atoms with E-state index < -0.39 is 0 Å². The Hall–Kier alpha value is -2.56. The van der Waals surface area contributed by atoms with Crippen molar-refractivity contribution >= 4 is 5.57 Å². The van der Waals surface area contributed by atoms with Crippen LogP contribution in [0.3, 0.4) is 0 Å². The Balaban J connectivity index is 1.23. The molecule has 0 N–H and O–H groups in total. The molecular formula is C27H30O4. The zero-order valence-corrected chi connectivity index (χ0v) is 18.3. The van der Waals surface area contributed by atoms with E-state index >= 15 is 0 Å². The van der Waals surface area contributed by atoms with Gasteiger partial charge in [-0.3, -0.25) is 0 Å². The molecule has 0 saturated carbocycles. The molecule has 0 amide bonds. The van der Waals surface area contributed by atoms with Crippen molar-refractivity contribution in [3.8, 4) is 11.5 Å². The first kappa shape index (κ1) is 20.3. The second-order valence-corrected chi connectivity index (χ2v) is 8.87. The summed E-state index contributed by atoms with van der Waals surface area (Å²) in [6.07, 6.45) is 8.46. The van der Waals surface area contributed by atoms with Crippen LogP contribution in [0.15, 0.2) is 60.7 Å². The maximum atomic E-state index is 6.00. The average molecular weight is 419 g/mol. The van der Waals surface area contributed by atoms with Gasteiger partial charge in [-0.2, -0.15) is 0 Å². The summed E-state index contributed by atoms with van der Waals surface area (Å²) in [5, 5.41) is 0. The van der Waals surface area contributed by atoms with Crippen LogP contribution in [-0.2, 0) is 9.47 Å². The van der Waals surface area contributed by atoms with E-state index in [1.165, 1.54) is 22.3 Å². The Labute approximate surface area is 184 Å². The first-order chi connectivity index (χ1) is 15.2. The van der Waals surface area contributed by atoms with E-state index in [9.17, 15) is 0 Å². The van der Waals surface area contributed by atoms with Crippen molar-refractivity contribution in [3.05, 3.63) is 77.4 Å². The number of hydrogen-bond donors (Lipinski definition) is 0. The summed E-state index contributed by atoms with van der Waals surface area (Å²) in [4.78, 5) is 0. The highest BCUT2D eigenvalue weighted by Crippen LogP contribution is 2.35. The summed E-state index contributed by atoms with van der Waals surface area (Å²) < 4.78 is 22.2. The molecule has 3 aliphatic rings. The summed E-state index contributed by atoms with van der Waals surface area (Å²) in [5.41, 5.74) is 5.09. The number of hydrogen-bond acceptors (Lipinski definition) is 4. The van der Waals surface area contributed by atoms with Crippen LogP contribution in [0.2, 0.25) is 0 Å². The van der Waals surface area contributed by atoms with E-state index in [-0.39, 0.29) is 12.2 Å². The van der Waals surface area contributed by atoms with E-state index in [0.29, 0.717) is 25.0 Å². The molecule has 0 aromatic heterocycles.